The molecule has 0 N–H and O–H groups in total. The van der Waals surface area contributed by atoms with E-state index in [9.17, 15) is 4.79 Å². The molecule has 0 aliphatic heterocycles. The van der Waals surface area contributed by atoms with E-state index in [-0.39, 0.29) is 5.76 Å². The number of aromatic nitrogens is 1. The van der Waals surface area contributed by atoms with Crippen LogP contribution in [-0.4, -0.2) is 4.57 Å². The zero-order chi connectivity index (χ0) is 13.6. The molecule has 1 aliphatic rings. The highest BCUT2D eigenvalue weighted by atomic mass is 79.9. The molecule has 0 radical (unpaired) electrons. The van der Waals surface area contributed by atoms with Crippen LogP contribution in [0.1, 0.15) is 37.1 Å². The SMILES string of the molecule is CCCn1c(=O)oc2cc(C(Br)C3CC3C)ccc21. The molecule has 2 aromatic rings. The van der Waals surface area contributed by atoms with Crippen LogP contribution >= 0.6 is 15.9 Å². The Labute approximate surface area is 120 Å². The summed E-state index contributed by atoms with van der Waals surface area (Å²) in [7, 11) is 0. The second-order valence-corrected chi connectivity index (χ2v) is 6.51. The van der Waals surface area contributed by atoms with Crippen molar-refractivity contribution in [2.24, 2.45) is 11.8 Å². The number of aryl methyl sites for hydroxylation is 1. The van der Waals surface area contributed by atoms with Crippen molar-refractivity contribution in [1.29, 1.82) is 0 Å². The molecule has 1 aromatic carbocycles. The van der Waals surface area contributed by atoms with Gasteiger partial charge in [0.2, 0.25) is 0 Å². The van der Waals surface area contributed by atoms with E-state index in [1.54, 1.807) is 4.57 Å². The summed E-state index contributed by atoms with van der Waals surface area (Å²) in [6, 6.07) is 6.12. The van der Waals surface area contributed by atoms with Gasteiger partial charge in [-0.05, 0) is 42.4 Å². The number of oxazole rings is 1. The third-order valence-corrected chi connectivity index (χ3v) is 5.21. The van der Waals surface area contributed by atoms with Gasteiger partial charge in [0.05, 0.1) is 5.52 Å². The smallest absolute Gasteiger partial charge is 0.408 e. The summed E-state index contributed by atoms with van der Waals surface area (Å²) < 4.78 is 7.07. The molecule has 19 heavy (non-hydrogen) atoms. The van der Waals surface area contributed by atoms with Gasteiger partial charge in [0.1, 0.15) is 0 Å². The maximum atomic E-state index is 11.8. The number of rotatable bonds is 4. The molecule has 102 valence electrons. The largest absolute Gasteiger partial charge is 0.419 e. The van der Waals surface area contributed by atoms with Gasteiger partial charge >= 0.3 is 5.76 Å². The molecule has 0 bridgehead atoms. The molecule has 1 fully saturated rings. The van der Waals surface area contributed by atoms with Gasteiger partial charge in [-0.15, -0.1) is 0 Å². The van der Waals surface area contributed by atoms with Crippen molar-refractivity contribution >= 4 is 27.0 Å². The first kappa shape index (κ1) is 13.0. The lowest BCUT2D eigenvalue weighted by Gasteiger charge is -2.09. The lowest BCUT2D eigenvalue weighted by atomic mass is 10.1. The van der Waals surface area contributed by atoms with Crippen LogP contribution in [0.3, 0.4) is 0 Å². The Balaban J connectivity index is 2.00. The highest BCUT2D eigenvalue weighted by molar-refractivity contribution is 9.09. The first-order valence-corrected chi connectivity index (χ1v) is 7.80. The van der Waals surface area contributed by atoms with Crippen LogP contribution in [0.15, 0.2) is 27.4 Å². The van der Waals surface area contributed by atoms with Crippen molar-refractivity contribution in [3.05, 3.63) is 34.3 Å². The lowest BCUT2D eigenvalue weighted by molar-refractivity contribution is 0.502. The number of benzene rings is 1. The standard InChI is InChI=1S/C15H18BrNO2/c1-3-6-17-12-5-4-10(8-13(12)19-15(17)18)14(16)11-7-9(11)2/h4-5,8-9,11,14H,3,6-7H2,1-2H3. The molecule has 4 heteroatoms. The molecule has 1 heterocycles. The predicted molar refractivity (Wildman–Crippen MR) is 79.7 cm³/mol. The quantitative estimate of drug-likeness (QED) is 0.794. The Morgan fingerprint density at radius 1 is 1.53 bits per heavy atom. The minimum Gasteiger partial charge on any atom is -0.408 e. The van der Waals surface area contributed by atoms with E-state index >= 15 is 0 Å². The van der Waals surface area contributed by atoms with Crippen molar-refractivity contribution in [1.82, 2.24) is 4.57 Å². The summed E-state index contributed by atoms with van der Waals surface area (Å²) in [6.07, 6.45) is 2.20. The van der Waals surface area contributed by atoms with Crippen LogP contribution in [0.25, 0.3) is 11.1 Å². The summed E-state index contributed by atoms with van der Waals surface area (Å²) in [5, 5.41) is 0. The van der Waals surface area contributed by atoms with Crippen LogP contribution in [0.2, 0.25) is 0 Å². The Bertz CT molecular complexity index is 658. The average Bonchev–Trinajstić information content (AvgIpc) is 3.04. The fourth-order valence-electron chi connectivity index (χ4n) is 2.70. The molecule has 3 rings (SSSR count). The molecule has 0 amide bonds. The highest BCUT2D eigenvalue weighted by Gasteiger charge is 2.39. The third-order valence-electron chi connectivity index (χ3n) is 4.01. The summed E-state index contributed by atoms with van der Waals surface area (Å²) >= 11 is 3.77. The van der Waals surface area contributed by atoms with Crippen molar-refractivity contribution in [2.45, 2.75) is 38.1 Å². The second kappa shape index (κ2) is 4.82. The van der Waals surface area contributed by atoms with Crippen LogP contribution in [0, 0.1) is 11.8 Å². The maximum Gasteiger partial charge on any atom is 0.419 e. The minimum atomic E-state index is -0.250. The average molecular weight is 324 g/mol. The van der Waals surface area contributed by atoms with Crippen molar-refractivity contribution in [2.75, 3.05) is 0 Å². The van der Waals surface area contributed by atoms with E-state index in [0.29, 0.717) is 22.9 Å². The third kappa shape index (κ3) is 2.27. The highest BCUT2D eigenvalue weighted by Crippen LogP contribution is 2.51. The zero-order valence-corrected chi connectivity index (χ0v) is 12.8. The molecule has 3 atom stereocenters. The van der Waals surface area contributed by atoms with E-state index in [1.165, 1.54) is 12.0 Å². The van der Waals surface area contributed by atoms with Gasteiger partial charge in [-0.2, -0.15) is 0 Å². The van der Waals surface area contributed by atoms with E-state index in [4.69, 9.17) is 4.42 Å². The van der Waals surface area contributed by atoms with Gasteiger partial charge in [0, 0.05) is 11.4 Å². The van der Waals surface area contributed by atoms with Crippen LogP contribution in [0.4, 0.5) is 0 Å². The molecule has 3 nitrogen and oxygen atoms in total. The molecule has 3 unspecified atom stereocenters. The van der Waals surface area contributed by atoms with Crippen LogP contribution in [-0.2, 0) is 6.54 Å². The monoisotopic (exact) mass is 323 g/mol. The van der Waals surface area contributed by atoms with Gasteiger partial charge in [0.15, 0.2) is 5.58 Å². The van der Waals surface area contributed by atoms with Gasteiger partial charge < -0.3 is 4.42 Å². The van der Waals surface area contributed by atoms with Gasteiger partial charge in [0.25, 0.3) is 0 Å². The second-order valence-electron chi connectivity index (χ2n) is 5.53. The number of fused-ring (bicyclic) bond motifs is 1. The zero-order valence-electron chi connectivity index (χ0n) is 11.2. The normalized spacial score (nSPS) is 23.7. The Kier molecular flexibility index (Phi) is 3.29. The molecule has 1 aliphatic carbocycles. The summed E-state index contributed by atoms with van der Waals surface area (Å²) in [4.78, 5) is 12.2. The number of nitrogens with zero attached hydrogens (tertiary/aromatic N) is 1. The van der Waals surface area contributed by atoms with E-state index in [2.05, 4.69) is 35.8 Å². The lowest BCUT2D eigenvalue weighted by Crippen LogP contribution is -2.13. The molecule has 0 saturated heterocycles. The van der Waals surface area contributed by atoms with E-state index < -0.39 is 0 Å². The van der Waals surface area contributed by atoms with Crippen LogP contribution < -0.4 is 5.76 Å². The van der Waals surface area contributed by atoms with Crippen molar-refractivity contribution < 1.29 is 4.42 Å². The Morgan fingerprint density at radius 3 is 2.89 bits per heavy atom. The van der Waals surface area contributed by atoms with Gasteiger partial charge in [-0.25, -0.2) is 4.79 Å². The minimum absolute atomic E-state index is 0.250. The molecule has 0 spiro atoms. The first-order valence-electron chi connectivity index (χ1n) is 6.89. The number of alkyl halides is 1. The Morgan fingerprint density at radius 2 is 2.26 bits per heavy atom. The molecular formula is C15H18BrNO2. The summed E-state index contributed by atoms with van der Waals surface area (Å²) in [5.41, 5.74) is 2.81. The van der Waals surface area contributed by atoms with Crippen LogP contribution in [0.5, 0.6) is 0 Å². The fourth-order valence-corrected chi connectivity index (χ4v) is 3.72. The first-order chi connectivity index (χ1) is 9.11. The number of hydrogen-bond acceptors (Lipinski definition) is 2. The predicted octanol–water partition coefficient (Wildman–Crippen LogP) is 4.10. The topological polar surface area (TPSA) is 35.1 Å². The molecular weight excluding hydrogens is 306 g/mol. The molecule has 1 aromatic heterocycles. The van der Waals surface area contributed by atoms with Gasteiger partial charge in [-0.3, -0.25) is 4.57 Å². The summed E-state index contributed by atoms with van der Waals surface area (Å²) in [6.45, 7) is 5.04. The number of hydrogen-bond donors (Lipinski definition) is 0. The van der Waals surface area contributed by atoms with Crippen molar-refractivity contribution in [3.63, 3.8) is 0 Å². The maximum absolute atomic E-state index is 11.8. The Hall–Kier alpha value is -1.03. The van der Waals surface area contributed by atoms with E-state index in [0.717, 1.165) is 17.9 Å². The fraction of sp³-hybridized carbons (Fsp3) is 0.533. The summed E-state index contributed by atoms with van der Waals surface area (Å²) in [5.74, 6) is 1.25. The van der Waals surface area contributed by atoms with E-state index in [1.807, 2.05) is 12.1 Å². The van der Waals surface area contributed by atoms with Crippen molar-refractivity contribution in [3.8, 4) is 0 Å². The van der Waals surface area contributed by atoms with Gasteiger partial charge in [-0.1, -0.05) is 35.8 Å². The molecule has 1 saturated carbocycles. The number of halogens is 1.